The fourth-order valence-electron chi connectivity index (χ4n) is 1.58. The molecule has 1 fully saturated rings. The molecule has 1 aromatic carbocycles. The molecular weight excluding hydrogens is 250 g/mol. The van der Waals surface area contributed by atoms with Gasteiger partial charge in [-0.3, -0.25) is 9.59 Å². The van der Waals surface area contributed by atoms with Crippen molar-refractivity contribution in [2.45, 2.75) is 18.6 Å². The zero-order chi connectivity index (χ0) is 13.0. The van der Waals surface area contributed by atoms with Crippen molar-refractivity contribution in [3.8, 4) is 0 Å². The fraction of sp³-hybridized carbons (Fsp3) is 0.385. The van der Waals surface area contributed by atoms with Crippen molar-refractivity contribution in [2.24, 2.45) is 5.92 Å². The van der Waals surface area contributed by atoms with Gasteiger partial charge in [-0.05, 0) is 30.5 Å². The van der Waals surface area contributed by atoms with Crippen LogP contribution in [-0.2, 0) is 15.3 Å². The summed E-state index contributed by atoms with van der Waals surface area (Å²) in [6, 6.07) is 7.56. The van der Waals surface area contributed by atoms with Crippen molar-refractivity contribution >= 4 is 29.3 Å². The lowest BCUT2D eigenvalue weighted by atomic mass is 10.2. The summed E-state index contributed by atoms with van der Waals surface area (Å²) < 4.78 is 0. The standard InChI is InChI=1S/C13H15NO3S/c15-12(16)8-18-7-9-2-1-3-11(6-9)14-13(17)10-4-5-10/h1-3,6,10H,4-5,7-8H2,(H,14,17)(H,15,16). The van der Waals surface area contributed by atoms with Crippen molar-refractivity contribution < 1.29 is 14.7 Å². The summed E-state index contributed by atoms with van der Waals surface area (Å²) in [4.78, 5) is 22.0. The second-order valence-corrected chi connectivity index (χ2v) is 5.34. The van der Waals surface area contributed by atoms with E-state index in [4.69, 9.17) is 5.11 Å². The van der Waals surface area contributed by atoms with Crippen LogP contribution in [0.25, 0.3) is 0 Å². The lowest BCUT2D eigenvalue weighted by molar-refractivity contribution is -0.133. The molecule has 2 rings (SSSR count). The van der Waals surface area contributed by atoms with Crippen LogP contribution in [0.3, 0.4) is 0 Å². The van der Waals surface area contributed by atoms with Crippen LogP contribution in [0.4, 0.5) is 5.69 Å². The van der Waals surface area contributed by atoms with Crippen LogP contribution in [0.2, 0.25) is 0 Å². The van der Waals surface area contributed by atoms with Crippen LogP contribution >= 0.6 is 11.8 Å². The van der Waals surface area contributed by atoms with Gasteiger partial charge in [0.1, 0.15) is 0 Å². The van der Waals surface area contributed by atoms with Crippen molar-refractivity contribution in [3.05, 3.63) is 29.8 Å². The zero-order valence-corrected chi connectivity index (χ0v) is 10.7. The lowest BCUT2D eigenvalue weighted by Crippen LogP contribution is -2.13. The van der Waals surface area contributed by atoms with E-state index in [0.29, 0.717) is 5.75 Å². The minimum Gasteiger partial charge on any atom is -0.481 e. The van der Waals surface area contributed by atoms with Crippen LogP contribution in [0, 0.1) is 5.92 Å². The number of hydrogen-bond donors (Lipinski definition) is 2. The maximum atomic E-state index is 11.6. The Bertz CT molecular complexity index is 457. The highest BCUT2D eigenvalue weighted by Gasteiger charge is 2.29. The second-order valence-electron chi connectivity index (χ2n) is 4.35. The van der Waals surface area contributed by atoms with E-state index in [9.17, 15) is 9.59 Å². The number of nitrogens with one attached hydrogen (secondary N) is 1. The summed E-state index contributed by atoms with van der Waals surface area (Å²) >= 11 is 1.35. The van der Waals surface area contributed by atoms with Crippen LogP contribution in [0.15, 0.2) is 24.3 Å². The number of rotatable bonds is 6. The predicted octanol–water partition coefficient (Wildman–Crippen LogP) is 2.35. The van der Waals surface area contributed by atoms with Gasteiger partial charge in [0.25, 0.3) is 0 Å². The van der Waals surface area contributed by atoms with E-state index in [-0.39, 0.29) is 17.6 Å². The van der Waals surface area contributed by atoms with E-state index >= 15 is 0 Å². The SMILES string of the molecule is O=C(O)CSCc1cccc(NC(=O)C2CC2)c1. The highest BCUT2D eigenvalue weighted by molar-refractivity contribution is 7.99. The number of thioether (sulfide) groups is 1. The minimum absolute atomic E-state index is 0.0883. The van der Waals surface area contributed by atoms with Crippen molar-refractivity contribution in [1.82, 2.24) is 0 Å². The molecule has 0 heterocycles. The second kappa shape index (κ2) is 5.91. The van der Waals surface area contributed by atoms with Crippen molar-refractivity contribution in [3.63, 3.8) is 0 Å². The van der Waals surface area contributed by atoms with Crippen LogP contribution in [-0.4, -0.2) is 22.7 Å². The molecule has 0 spiro atoms. The maximum absolute atomic E-state index is 11.6. The number of carbonyl (C=O) groups excluding carboxylic acids is 1. The molecule has 4 nitrogen and oxygen atoms in total. The molecule has 1 saturated carbocycles. The molecule has 0 saturated heterocycles. The number of hydrogen-bond acceptors (Lipinski definition) is 3. The molecule has 1 aromatic rings. The van der Waals surface area contributed by atoms with Gasteiger partial charge in [0, 0.05) is 17.4 Å². The number of amides is 1. The van der Waals surface area contributed by atoms with Crippen LogP contribution < -0.4 is 5.32 Å². The van der Waals surface area contributed by atoms with Gasteiger partial charge >= 0.3 is 5.97 Å². The summed E-state index contributed by atoms with van der Waals surface area (Å²) in [7, 11) is 0. The van der Waals surface area contributed by atoms with E-state index in [1.54, 1.807) is 0 Å². The molecule has 0 radical (unpaired) electrons. The molecule has 5 heteroatoms. The van der Waals surface area contributed by atoms with E-state index in [1.807, 2.05) is 24.3 Å². The highest BCUT2D eigenvalue weighted by atomic mass is 32.2. The van der Waals surface area contributed by atoms with Gasteiger partial charge in [-0.2, -0.15) is 0 Å². The summed E-state index contributed by atoms with van der Waals surface area (Å²) in [6.07, 6.45) is 1.97. The number of aliphatic carboxylic acids is 1. The molecule has 0 unspecified atom stereocenters. The van der Waals surface area contributed by atoms with E-state index in [2.05, 4.69) is 5.32 Å². The molecule has 0 atom stereocenters. The van der Waals surface area contributed by atoms with Gasteiger partial charge in [-0.15, -0.1) is 11.8 Å². The van der Waals surface area contributed by atoms with E-state index in [1.165, 1.54) is 11.8 Å². The van der Waals surface area contributed by atoms with Gasteiger partial charge < -0.3 is 10.4 Å². The third-order valence-electron chi connectivity index (χ3n) is 2.64. The van der Waals surface area contributed by atoms with Crippen molar-refractivity contribution in [2.75, 3.05) is 11.1 Å². The Morgan fingerprint density at radius 1 is 1.39 bits per heavy atom. The van der Waals surface area contributed by atoms with E-state index < -0.39 is 5.97 Å². The quantitative estimate of drug-likeness (QED) is 0.828. The Hall–Kier alpha value is -1.49. The van der Waals surface area contributed by atoms with Gasteiger partial charge in [0.15, 0.2) is 0 Å². The summed E-state index contributed by atoms with van der Waals surface area (Å²) in [5, 5.41) is 11.4. The first kappa shape index (κ1) is 13.0. The summed E-state index contributed by atoms with van der Waals surface area (Å²) in [6.45, 7) is 0. The number of anilines is 1. The van der Waals surface area contributed by atoms with Gasteiger partial charge in [0.2, 0.25) is 5.91 Å². The van der Waals surface area contributed by atoms with Gasteiger partial charge in [-0.1, -0.05) is 12.1 Å². The minimum atomic E-state index is -0.807. The molecule has 0 aromatic heterocycles. The number of benzene rings is 1. The average molecular weight is 265 g/mol. The maximum Gasteiger partial charge on any atom is 0.313 e. The molecule has 1 aliphatic carbocycles. The third-order valence-corrected chi connectivity index (χ3v) is 3.63. The monoisotopic (exact) mass is 265 g/mol. The third kappa shape index (κ3) is 4.07. The summed E-state index contributed by atoms with van der Waals surface area (Å²) in [5.41, 5.74) is 1.81. The first-order valence-corrected chi connectivity index (χ1v) is 7.00. The van der Waals surface area contributed by atoms with Gasteiger partial charge in [-0.25, -0.2) is 0 Å². The topological polar surface area (TPSA) is 66.4 Å². The molecule has 96 valence electrons. The highest BCUT2D eigenvalue weighted by Crippen LogP contribution is 2.30. The molecule has 1 aliphatic rings. The van der Waals surface area contributed by atoms with E-state index in [0.717, 1.165) is 24.1 Å². The largest absolute Gasteiger partial charge is 0.481 e. The number of carboxylic acid groups (broad SMARTS) is 1. The predicted molar refractivity (Wildman–Crippen MR) is 71.6 cm³/mol. The molecule has 2 N–H and O–H groups in total. The lowest BCUT2D eigenvalue weighted by Gasteiger charge is -2.06. The number of carbonyl (C=O) groups is 2. The molecule has 0 bridgehead atoms. The van der Waals surface area contributed by atoms with Crippen LogP contribution in [0.1, 0.15) is 18.4 Å². The zero-order valence-electron chi connectivity index (χ0n) is 9.89. The van der Waals surface area contributed by atoms with Crippen molar-refractivity contribution in [1.29, 1.82) is 0 Å². The van der Waals surface area contributed by atoms with Crippen LogP contribution in [0.5, 0.6) is 0 Å². The number of carboxylic acids is 1. The Morgan fingerprint density at radius 3 is 2.83 bits per heavy atom. The normalized spacial score (nSPS) is 14.2. The summed E-state index contributed by atoms with van der Waals surface area (Å²) in [5.74, 6) is 0.205. The van der Waals surface area contributed by atoms with Gasteiger partial charge in [0.05, 0.1) is 5.75 Å². The Kier molecular flexibility index (Phi) is 4.25. The Morgan fingerprint density at radius 2 is 2.17 bits per heavy atom. The Balaban J connectivity index is 1.87. The Labute approximate surface area is 110 Å². The molecule has 0 aliphatic heterocycles. The first-order chi connectivity index (χ1) is 8.65. The average Bonchev–Trinajstić information content (AvgIpc) is 3.12. The fourth-order valence-corrected chi connectivity index (χ4v) is 2.28. The molecule has 1 amide bonds. The first-order valence-electron chi connectivity index (χ1n) is 5.84. The molecular formula is C13H15NO3S. The molecule has 18 heavy (non-hydrogen) atoms. The smallest absolute Gasteiger partial charge is 0.313 e.